The molecule has 0 aliphatic rings. The number of hydrogen-bond donors (Lipinski definition) is 3. The number of carbonyl (C=O) groups is 2. The fourth-order valence-corrected chi connectivity index (χ4v) is 1.42. The van der Waals surface area contributed by atoms with Crippen molar-refractivity contribution < 1.29 is 9.59 Å². The molecule has 100 valence electrons. The predicted octanol–water partition coefficient (Wildman–Crippen LogP) is 0.725. The number of nitrogens with one attached hydrogen (secondary N) is 2. The number of benzene rings is 1. The van der Waals surface area contributed by atoms with Crippen LogP contribution in [-0.2, 0) is 9.59 Å². The van der Waals surface area contributed by atoms with Crippen molar-refractivity contribution in [3.8, 4) is 11.8 Å². The van der Waals surface area contributed by atoms with Crippen LogP contribution >= 0.6 is 11.6 Å². The van der Waals surface area contributed by atoms with Gasteiger partial charge in [0.25, 0.3) is 0 Å². The predicted molar refractivity (Wildman–Crippen MR) is 74.7 cm³/mol. The Bertz CT molecular complexity index is 547. The van der Waals surface area contributed by atoms with E-state index in [0.29, 0.717) is 16.3 Å². The fraction of sp³-hybridized carbons (Fsp3) is 0.231. The zero-order valence-corrected chi connectivity index (χ0v) is 11.2. The Hall–Kier alpha value is -2.03. The first-order valence-corrected chi connectivity index (χ1v) is 5.93. The van der Waals surface area contributed by atoms with Crippen LogP contribution in [0.4, 0.5) is 5.69 Å². The zero-order valence-electron chi connectivity index (χ0n) is 10.4. The largest absolute Gasteiger partial charge is 0.347 e. The molecule has 19 heavy (non-hydrogen) atoms. The minimum absolute atomic E-state index is 0.107. The first kappa shape index (κ1) is 15.0. The lowest BCUT2D eigenvalue weighted by molar-refractivity contribution is -0.122. The Morgan fingerprint density at radius 2 is 2.16 bits per heavy atom. The van der Waals surface area contributed by atoms with Crippen molar-refractivity contribution >= 4 is 29.1 Å². The van der Waals surface area contributed by atoms with Gasteiger partial charge >= 0.3 is 0 Å². The second-order valence-electron chi connectivity index (χ2n) is 3.66. The third-order valence-corrected chi connectivity index (χ3v) is 2.40. The van der Waals surface area contributed by atoms with E-state index in [9.17, 15) is 9.59 Å². The van der Waals surface area contributed by atoms with E-state index in [1.807, 2.05) is 0 Å². The highest BCUT2D eigenvalue weighted by Crippen LogP contribution is 2.22. The molecule has 0 saturated carbocycles. The molecular weight excluding hydrogens is 266 g/mol. The van der Waals surface area contributed by atoms with Gasteiger partial charge in [-0.25, -0.2) is 0 Å². The summed E-state index contributed by atoms with van der Waals surface area (Å²) in [5, 5.41) is 5.39. The summed E-state index contributed by atoms with van der Waals surface area (Å²) in [4.78, 5) is 22.2. The third-order valence-electron chi connectivity index (χ3n) is 2.07. The maximum Gasteiger partial charge on any atom is 0.243 e. The van der Waals surface area contributed by atoms with E-state index in [1.54, 1.807) is 18.2 Å². The molecule has 6 heteroatoms. The van der Waals surface area contributed by atoms with Gasteiger partial charge in [0.2, 0.25) is 11.8 Å². The minimum atomic E-state index is -0.360. The number of anilines is 1. The van der Waals surface area contributed by atoms with Crippen molar-refractivity contribution in [1.29, 1.82) is 0 Å². The van der Waals surface area contributed by atoms with Crippen LogP contribution in [0.1, 0.15) is 12.5 Å². The summed E-state index contributed by atoms with van der Waals surface area (Å²) in [6, 6.07) is 5.02. The second-order valence-corrected chi connectivity index (χ2v) is 4.07. The van der Waals surface area contributed by atoms with Gasteiger partial charge in [-0.05, 0) is 18.2 Å². The lowest BCUT2D eigenvalue weighted by Crippen LogP contribution is -2.31. The summed E-state index contributed by atoms with van der Waals surface area (Å²) in [5.74, 6) is 4.92. The molecule has 2 amide bonds. The summed E-state index contributed by atoms with van der Waals surface area (Å²) in [5.41, 5.74) is 6.43. The molecule has 0 aliphatic heterocycles. The Balaban J connectivity index is 2.76. The van der Waals surface area contributed by atoms with Crippen LogP contribution in [-0.4, -0.2) is 24.9 Å². The number of nitrogens with two attached hydrogens (primary N) is 1. The molecule has 0 atom stereocenters. The SMILES string of the molecule is CC(=O)NCC(=O)Nc1cc(C#CCN)ccc1Cl. The van der Waals surface area contributed by atoms with Crippen LogP contribution in [0, 0.1) is 11.8 Å². The van der Waals surface area contributed by atoms with E-state index < -0.39 is 0 Å². The maximum absolute atomic E-state index is 11.6. The van der Waals surface area contributed by atoms with E-state index >= 15 is 0 Å². The van der Waals surface area contributed by atoms with Crippen LogP contribution < -0.4 is 16.4 Å². The van der Waals surface area contributed by atoms with Crippen molar-refractivity contribution in [1.82, 2.24) is 5.32 Å². The average molecular weight is 280 g/mol. The van der Waals surface area contributed by atoms with E-state index in [-0.39, 0.29) is 24.9 Å². The molecule has 0 radical (unpaired) electrons. The summed E-state index contributed by atoms with van der Waals surface area (Å²) in [7, 11) is 0. The highest BCUT2D eigenvalue weighted by molar-refractivity contribution is 6.33. The average Bonchev–Trinajstić information content (AvgIpc) is 2.37. The van der Waals surface area contributed by atoms with Gasteiger partial charge in [0, 0.05) is 12.5 Å². The molecule has 0 bridgehead atoms. The number of rotatable bonds is 3. The van der Waals surface area contributed by atoms with E-state index in [0.717, 1.165) is 0 Å². The molecule has 1 rings (SSSR count). The van der Waals surface area contributed by atoms with Crippen LogP contribution in [0.15, 0.2) is 18.2 Å². The Kier molecular flexibility index (Phi) is 5.86. The van der Waals surface area contributed by atoms with Gasteiger partial charge in [-0.15, -0.1) is 0 Å². The normalized spacial score (nSPS) is 9.21. The summed E-state index contributed by atoms with van der Waals surface area (Å²) < 4.78 is 0. The Morgan fingerprint density at radius 3 is 2.79 bits per heavy atom. The fourth-order valence-electron chi connectivity index (χ4n) is 1.25. The smallest absolute Gasteiger partial charge is 0.243 e. The molecule has 4 N–H and O–H groups in total. The van der Waals surface area contributed by atoms with Gasteiger partial charge in [0.1, 0.15) is 0 Å². The van der Waals surface area contributed by atoms with E-state index in [4.69, 9.17) is 17.3 Å². The monoisotopic (exact) mass is 279 g/mol. The lowest BCUT2D eigenvalue weighted by Gasteiger charge is -2.08. The molecule has 0 spiro atoms. The van der Waals surface area contributed by atoms with Crippen molar-refractivity contribution in [2.75, 3.05) is 18.4 Å². The number of amides is 2. The van der Waals surface area contributed by atoms with Gasteiger partial charge in [-0.2, -0.15) is 0 Å². The Labute approximate surface area is 116 Å². The molecule has 1 aromatic carbocycles. The van der Waals surface area contributed by atoms with Crippen molar-refractivity contribution in [3.63, 3.8) is 0 Å². The molecule has 1 aromatic rings. The van der Waals surface area contributed by atoms with Gasteiger partial charge in [-0.1, -0.05) is 23.4 Å². The highest BCUT2D eigenvalue weighted by atomic mass is 35.5. The lowest BCUT2D eigenvalue weighted by atomic mass is 10.2. The maximum atomic E-state index is 11.6. The quantitative estimate of drug-likeness (QED) is 0.713. The second kappa shape index (κ2) is 7.41. The number of hydrogen-bond acceptors (Lipinski definition) is 3. The van der Waals surface area contributed by atoms with Crippen LogP contribution in [0.25, 0.3) is 0 Å². The van der Waals surface area contributed by atoms with Crippen LogP contribution in [0.3, 0.4) is 0 Å². The molecule has 0 heterocycles. The molecule has 0 fully saturated rings. The summed E-state index contributed by atoms with van der Waals surface area (Å²) >= 11 is 5.96. The van der Waals surface area contributed by atoms with E-state index in [1.165, 1.54) is 6.92 Å². The minimum Gasteiger partial charge on any atom is -0.347 e. The Morgan fingerprint density at radius 1 is 1.42 bits per heavy atom. The topological polar surface area (TPSA) is 84.2 Å². The molecule has 0 aliphatic carbocycles. The first-order chi connectivity index (χ1) is 9.02. The number of halogens is 1. The van der Waals surface area contributed by atoms with Crippen LogP contribution in [0.2, 0.25) is 5.02 Å². The van der Waals surface area contributed by atoms with Crippen LogP contribution in [0.5, 0.6) is 0 Å². The molecule has 0 unspecified atom stereocenters. The van der Waals surface area contributed by atoms with Gasteiger partial charge in [0.15, 0.2) is 0 Å². The van der Waals surface area contributed by atoms with Crippen molar-refractivity contribution in [3.05, 3.63) is 28.8 Å². The molecule has 0 saturated heterocycles. The highest BCUT2D eigenvalue weighted by Gasteiger charge is 2.06. The summed E-state index contributed by atoms with van der Waals surface area (Å²) in [6.07, 6.45) is 0. The van der Waals surface area contributed by atoms with E-state index in [2.05, 4.69) is 22.5 Å². The first-order valence-electron chi connectivity index (χ1n) is 5.55. The van der Waals surface area contributed by atoms with Gasteiger partial charge in [-0.3, -0.25) is 9.59 Å². The third kappa shape index (κ3) is 5.42. The molecular formula is C13H14ClN3O2. The zero-order chi connectivity index (χ0) is 14.3. The number of carbonyl (C=O) groups excluding carboxylic acids is 2. The molecule has 5 nitrogen and oxygen atoms in total. The van der Waals surface area contributed by atoms with Crippen molar-refractivity contribution in [2.45, 2.75) is 6.92 Å². The standard InChI is InChI=1S/C13H14ClN3O2/c1-9(18)16-8-13(19)17-12-7-10(3-2-6-15)4-5-11(12)14/h4-5,7H,6,8,15H2,1H3,(H,16,18)(H,17,19). The summed E-state index contributed by atoms with van der Waals surface area (Å²) in [6.45, 7) is 1.49. The molecule has 0 aromatic heterocycles. The van der Waals surface area contributed by atoms with Gasteiger partial charge in [0.05, 0.1) is 23.8 Å². The van der Waals surface area contributed by atoms with Crippen molar-refractivity contribution in [2.24, 2.45) is 5.73 Å². The van der Waals surface area contributed by atoms with Gasteiger partial charge < -0.3 is 16.4 Å².